The summed E-state index contributed by atoms with van der Waals surface area (Å²) in [6.45, 7) is 10.3. The van der Waals surface area contributed by atoms with Crippen LogP contribution in [0.25, 0.3) is 0 Å². The average molecular weight is 224 g/mol. The van der Waals surface area contributed by atoms with Crippen molar-refractivity contribution in [2.75, 3.05) is 0 Å². The molecule has 0 aliphatic carbocycles. The predicted molar refractivity (Wildman–Crippen MR) is 62.0 cm³/mol. The molecule has 0 bridgehead atoms. The van der Waals surface area contributed by atoms with Crippen molar-refractivity contribution in [3.05, 3.63) is 22.8 Å². The zero-order valence-corrected chi connectivity index (χ0v) is 10.8. The van der Waals surface area contributed by atoms with Crippen molar-refractivity contribution in [1.82, 2.24) is 9.97 Å². The fraction of sp³-hybridized carbons (Fsp3) is 0.667. The normalized spacial score (nSPS) is 13.0. The van der Waals surface area contributed by atoms with Crippen LogP contribution in [0.1, 0.15) is 50.5 Å². The lowest BCUT2D eigenvalue weighted by molar-refractivity contribution is 0.0648. The lowest BCUT2D eigenvalue weighted by Crippen LogP contribution is -2.26. The highest BCUT2D eigenvalue weighted by Crippen LogP contribution is 2.25. The first kappa shape index (κ1) is 13.1. The third-order valence-corrected chi connectivity index (χ3v) is 2.40. The second-order valence-electron chi connectivity index (χ2n) is 5.21. The Morgan fingerprint density at radius 1 is 0.750 bits per heavy atom. The molecule has 1 heterocycles. The largest absolute Gasteiger partial charge is 0.384 e. The first-order valence-corrected chi connectivity index (χ1v) is 5.34. The van der Waals surface area contributed by atoms with E-state index in [-0.39, 0.29) is 0 Å². The van der Waals surface area contributed by atoms with Crippen molar-refractivity contribution >= 4 is 0 Å². The molecule has 0 radical (unpaired) electrons. The second kappa shape index (κ2) is 3.79. The molecule has 1 aromatic rings. The highest BCUT2D eigenvalue weighted by molar-refractivity contribution is 5.25. The summed E-state index contributed by atoms with van der Waals surface area (Å²) >= 11 is 0. The van der Waals surface area contributed by atoms with E-state index in [9.17, 15) is 10.2 Å². The smallest absolute Gasteiger partial charge is 0.103 e. The fourth-order valence-corrected chi connectivity index (χ4v) is 1.76. The molecule has 0 saturated heterocycles. The molecule has 16 heavy (non-hydrogen) atoms. The zero-order valence-electron chi connectivity index (χ0n) is 10.8. The van der Waals surface area contributed by atoms with Gasteiger partial charge in [0.2, 0.25) is 0 Å². The van der Waals surface area contributed by atoms with E-state index in [2.05, 4.69) is 9.97 Å². The molecular formula is C12H20N2O2. The molecule has 0 atom stereocenters. The monoisotopic (exact) mass is 224 g/mol. The van der Waals surface area contributed by atoms with Crippen molar-refractivity contribution in [1.29, 1.82) is 0 Å². The van der Waals surface area contributed by atoms with Gasteiger partial charge < -0.3 is 10.2 Å². The van der Waals surface area contributed by atoms with E-state index in [1.165, 1.54) is 0 Å². The highest BCUT2D eigenvalue weighted by Gasteiger charge is 2.27. The Bertz CT molecular complexity index is 361. The van der Waals surface area contributed by atoms with E-state index in [4.69, 9.17) is 0 Å². The maximum Gasteiger partial charge on any atom is 0.103 e. The second-order valence-corrected chi connectivity index (χ2v) is 5.21. The van der Waals surface area contributed by atoms with Gasteiger partial charge in [0.1, 0.15) is 11.2 Å². The van der Waals surface area contributed by atoms with Crippen LogP contribution < -0.4 is 0 Å². The van der Waals surface area contributed by atoms with Crippen LogP contribution in [-0.4, -0.2) is 20.2 Å². The van der Waals surface area contributed by atoms with Gasteiger partial charge in [-0.25, -0.2) is 0 Å². The first-order chi connectivity index (χ1) is 7.03. The van der Waals surface area contributed by atoms with Crippen LogP contribution in [0, 0.1) is 13.8 Å². The lowest BCUT2D eigenvalue weighted by Gasteiger charge is -2.24. The molecule has 90 valence electrons. The van der Waals surface area contributed by atoms with E-state index >= 15 is 0 Å². The summed E-state index contributed by atoms with van der Waals surface area (Å²) in [5, 5.41) is 19.8. The number of aromatic nitrogens is 2. The van der Waals surface area contributed by atoms with E-state index in [1.54, 1.807) is 41.5 Å². The number of hydrogen-bond donors (Lipinski definition) is 2. The molecule has 1 aromatic heterocycles. The molecule has 0 aliphatic rings. The minimum absolute atomic E-state index is 0.554. The van der Waals surface area contributed by atoms with Crippen molar-refractivity contribution in [2.24, 2.45) is 0 Å². The summed E-state index contributed by atoms with van der Waals surface area (Å²) in [6.07, 6.45) is 0. The minimum atomic E-state index is -1.01. The number of hydrogen-bond acceptors (Lipinski definition) is 4. The van der Waals surface area contributed by atoms with Crippen LogP contribution in [0.3, 0.4) is 0 Å². The summed E-state index contributed by atoms with van der Waals surface area (Å²) in [6, 6.07) is 0. The molecule has 4 heteroatoms. The van der Waals surface area contributed by atoms with Crippen LogP contribution in [0.4, 0.5) is 0 Å². The standard InChI is InChI=1S/C12H20N2O2/c1-7-9(11(3,4)15)14-8(2)10(13-7)12(5,6)16/h15-16H,1-6H3. The van der Waals surface area contributed by atoms with Crippen LogP contribution in [0.15, 0.2) is 0 Å². The molecule has 0 aromatic carbocycles. The number of rotatable bonds is 2. The molecule has 0 saturated carbocycles. The van der Waals surface area contributed by atoms with Gasteiger partial charge in [-0.2, -0.15) is 0 Å². The molecule has 1 rings (SSSR count). The SMILES string of the molecule is Cc1nc(C(C)(C)O)c(C)nc1C(C)(C)O. The van der Waals surface area contributed by atoms with Crippen LogP contribution in [0.5, 0.6) is 0 Å². The Kier molecular flexibility index (Phi) is 3.09. The van der Waals surface area contributed by atoms with Gasteiger partial charge in [0, 0.05) is 0 Å². The Morgan fingerprint density at radius 3 is 1.19 bits per heavy atom. The number of nitrogens with zero attached hydrogens (tertiary/aromatic N) is 2. The van der Waals surface area contributed by atoms with Crippen molar-refractivity contribution < 1.29 is 10.2 Å². The topological polar surface area (TPSA) is 66.2 Å². The summed E-state index contributed by atoms with van der Waals surface area (Å²) in [5.41, 5.74) is 0.376. The van der Waals surface area contributed by atoms with Gasteiger partial charge in [-0.3, -0.25) is 9.97 Å². The summed E-state index contributed by atoms with van der Waals surface area (Å²) < 4.78 is 0. The first-order valence-electron chi connectivity index (χ1n) is 5.34. The molecule has 0 amide bonds. The maximum absolute atomic E-state index is 9.92. The van der Waals surface area contributed by atoms with Gasteiger partial charge in [0.05, 0.1) is 22.8 Å². The number of aliphatic hydroxyl groups is 2. The summed E-state index contributed by atoms with van der Waals surface area (Å²) in [4.78, 5) is 8.68. The van der Waals surface area contributed by atoms with Gasteiger partial charge in [-0.1, -0.05) is 0 Å². The summed E-state index contributed by atoms with van der Waals surface area (Å²) in [7, 11) is 0. The van der Waals surface area contributed by atoms with Crippen LogP contribution in [0.2, 0.25) is 0 Å². The van der Waals surface area contributed by atoms with Crippen molar-refractivity contribution in [3.63, 3.8) is 0 Å². The zero-order chi connectivity index (χ0) is 12.7. The Hall–Kier alpha value is -1.00. The predicted octanol–water partition coefficient (Wildman–Crippen LogP) is 1.55. The molecule has 0 fully saturated rings. The third-order valence-electron chi connectivity index (χ3n) is 2.40. The van der Waals surface area contributed by atoms with Gasteiger partial charge in [-0.15, -0.1) is 0 Å². The van der Waals surface area contributed by atoms with Crippen LogP contribution >= 0.6 is 0 Å². The van der Waals surface area contributed by atoms with E-state index in [0.29, 0.717) is 22.8 Å². The molecule has 0 unspecified atom stereocenters. The molecule has 0 spiro atoms. The quantitative estimate of drug-likeness (QED) is 0.800. The van der Waals surface area contributed by atoms with Crippen molar-refractivity contribution in [3.8, 4) is 0 Å². The van der Waals surface area contributed by atoms with E-state index < -0.39 is 11.2 Å². The maximum atomic E-state index is 9.92. The third kappa shape index (κ3) is 2.57. The van der Waals surface area contributed by atoms with Gasteiger partial charge in [0.15, 0.2) is 0 Å². The van der Waals surface area contributed by atoms with Gasteiger partial charge in [0.25, 0.3) is 0 Å². The number of aryl methyl sites for hydroxylation is 2. The highest BCUT2D eigenvalue weighted by atomic mass is 16.3. The van der Waals surface area contributed by atoms with Gasteiger partial charge in [-0.05, 0) is 41.5 Å². The molecule has 2 N–H and O–H groups in total. The Balaban J connectivity index is 3.40. The molecular weight excluding hydrogens is 204 g/mol. The van der Waals surface area contributed by atoms with E-state index in [1.807, 2.05) is 0 Å². The fourth-order valence-electron chi connectivity index (χ4n) is 1.76. The Labute approximate surface area is 96.4 Å². The minimum Gasteiger partial charge on any atom is -0.384 e. The van der Waals surface area contributed by atoms with Crippen molar-refractivity contribution in [2.45, 2.75) is 52.7 Å². The Morgan fingerprint density at radius 2 is 1.00 bits per heavy atom. The lowest BCUT2D eigenvalue weighted by atomic mass is 9.99. The summed E-state index contributed by atoms with van der Waals surface area (Å²) in [5.74, 6) is 0. The van der Waals surface area contributed by atoms with Crippen LogP contribution in [-0.2, 0) is 11.2 Å². The van der Waals surface area contributed by atoms with Gasteiger partial charge >= 0.3 is 0 Å². The average Bonchev–Trinajstić information content (AvgIpc) is 2.04. The molecule has 0 aliphatic heterocycles. The van der Waals surface area contributed by atoms with E-state index in [0.717, 1.165) is 0 Å². The molecule has 4 nitrogen and oxygen atoms in total.